The van der Waals surface area contributed by atoms with E-state index in [4.69, 9.17) is 4.74 Å². The van der Waals surface area contributed by atoms with Crippen LogP contribution in [0.25, 0.3) is 0 Å². The number of likely N-dealkylation sites (N-methyl/N-ethyl adjacent to an activating group) is 1. The van der Waals surface area contributed by atoms with Crippen molar-refractivity contribution in [2.75, 3.05) is 46.2 Å². The number of anilines is 1. The highest BCUT2D eigenvalue weighted by Gasteiger charge is 2.29. The summed E-state index contributed by atoms with van der Waals surface area (Å²) < 4.78 is 6.01. The fraction of sp³-hybridized carbons (Fsp3) is 0.409. The van der Waals surface area contributed by atoms with Crippen molar-refractivity contribution in [3.05, 3.63) is 59.7 Å². The van der Waals surface area contributed by atoms with Gasteiger partial charge in [0.25, 0.3) is 0 Å². The van der Waals surface area contributed by atoms with Gasteiger partial charge >= 0.3 is 0 Å². The SMILES string of the molecule is CN(C)CC1COc2ccccc2CN1C(=O)Cc1ccc(N(C)C)cc1. The molecule has 0 saturated carbocycles. The summed E-state index contributed by atoms with van der Waals surface area (Å²) in [5.41, 5.74) is 3.23. The van der Waals surface area contributed by atoms with E-state index in [9.17, 15) is 4.79 Å². The van der Waals surface area contributed by atoms with Crippen LogP contribution in [0.5, 0.6) is 5.75 Å². The summed E-state index contributed by atoms with van der Waals surface area (Å²) in [6, 6.07) is 16.2. The van der Waals surface area contributed by atoms with Crippen molar-refractivity contribution in [2.45, 2.75) is 19.0 Å². The summed E-state index contributed by atoms with van der Waals surface area (Å²) in [6.45, 7) is 1.88. The first-order valence-corrected chi connectivity index (χ1v) is 9.35. The van der Waals surface area contributed by atoms with Crippen molar-refractivity contribution < 1.29 is 9.53 Å². The number of hydrogen-bond donors (Lipinski definition) is 0. The maximum absolute atomic E-state index is 13.2. The van der Waals surface area contributed by atoms with Gasteiger partial charge in [0.1, 0.15) is 12.4 Å². The lowest BCUT2D eigenvalue weighted by Gasteiger charge is -2.31. The summed E-state index contributed by atoms with van der Waals surface area (Å²) in [4.78, 5) is 19.3. The second-order valence-electron chi connectivity index (χ2n) is 7.59. The monoisotopic (exact) mass is 367 g/mol. The molecular formula is C22H29N3O2. The van der Waals surface area contributed by atoms with Crippen LogP contribution < -0.4 is 9.64 Å². The number of amides is 1. The average Bonchev–Trinajstić information content (AvgIpc) is 2.81. The maximum Gasteiger partial charge on any atom is 0.227 e. The highest BCUT2D eigenvalue weighted by molar-refractivity contribution is 5.79. The van der Waals surface area contributed by atoms with E-state index < -0.39 is 0 Å². The minimum absolute atomic E-state index is 0.0287. The molecule has 1 amide bonds. The Morgan fingerprint density at radius 1 is 1.07 bits per heavy atom. The number of carbonyl (C=O) groups excluding carboxylic acids is 1. The predicted molar refractivity (Wildman–Crippen MR) is 109 cm³/mol. The zero-order valence-electron chi connectivity index (χ0n) is 16.7. The Morgan fingerprint density at radius 3 is 2.44 bits per heavy atom. The normalized spacial score (nSPS) is 16.5. The van der Waals surface area contributed by atoms with Gasteiger partial charge < -0.3 is 19.4 Å². The van der Waals surface area contributed by atoms with Crippen molar-refractivity contribution >= 4 is 11.6 Å². The zero-order valence-corrected chi connectivity index (χ0v) is 16.7. The third kappa shape index (κ3) is 4.80. The molecule has 3 rings (SSSR count). The van der Waals surface area contributed by atoms with Crippen LogP contribution in [0.4, 0.5) is 5.69 Å². The quantitative estimate of drug-likeness (QED) is 0.814. The molecule has 1 aliphatic rings. The fourth-order valence-electron chi connectivity index (χ4n) is 3.42. The molecule has 0 bridgehead atoms. The van der Waals surface area contributed by atoms with E-state index in [1.54, 1.807) is 0 Å². The number of benzene rings is 2. The average molecular weight is 367 g/mol. The first-order valence-electron chi connectivity index (χ1n) is 9.35. The molecule has 2 aromatic carbocycles. The molecule has 1 heterocycles. The number of rotatable bonds is 5. The third-order valence-corrected chi connectivity index (χ3v) is 4.89. The summed E-state index contributed by atoms with van der Waals surface area (Å²) in [5.74, 6) is 1.02. The molecule has 5 nitrogen and oxygen atoms in total. The smallest absolute Gasteiger partial charge is 0.227 e. The first-order chi connectivity index (χ1) is 12.9. The van der Waals surface area contributed by atoms with Crippen LogP contribution in [-0.4, -0.2) is 63.1 Å². The largest absolute Gasteiger partial charge is 0.491 e. The molecule has 5 heteroatoms. The van der Waals surface area contributed by atoms with Gasteiger partial charge in [-0.2, -0.15) is 0 Å². The fourth-order valence-corrected chi connectivity index (χ4v) is 3.42. The number of fused-ring (bicyclic) bond motifs is 1. The molecule has 0 fully saturated rings. The minimum Gasteiger partial charge on any atom is -0.491 e. The molecule has 144 valence electrons. The minimum atomic E-state index is 0.0287. The Hall–Kier alpha value is -2.53. The van der Waals surface area contributed by atoms with E-state index in [1.165, 1.54) is 0 Å². The lowest BCUT2D eigenvalue weighted by Crippen LogP contribution is -2.47. The van der Waals surface area contributed by atoms with E-state index in [0.29, 0.717) is 19.6 Å². The van der Waals surface area contributed by atoms with E-state index in [2.05, 4.69) is 21.9 Å². The lowest BCUT2D eigenvalue weighted by molar-refractivity contribution is -0.134. The van der Waals surface area contributed by atoms with Crippen LogP contribution in [0.15, 0.2) is 48.5 Å². The van der Waals surface area contributed by atoms with E-state index in [-0.39, 0.29) is 11.9 Å². The molecule has 1 unspecified atom stereocenters. The highest BCUT2D eigenvalue weighted by Crippen LogP contribution is 2.25. The van der Waals surface area contributed by atoms with Gasteiger partial charge in [0, 0.05) is 38.4 Å². The molecule has 0 N–H and O–H groups in total. The van der Waals surface area contributed by atoms with E-state index in [1.807, 2.05) is 69.5 Å². The van der Waals surface area contributed by atoms with Crippen LogP contribution in [0, 0.1) is 0 Å². The molecule has 0 radical (unpaired) electrons. The van der Waals surface area contributed by atoms with Crippen molar-refractivity contribution in [3.63, 3.8) is 0 Å². The number of para-hydroxylation sites is 1. The first kappa shape index (κ1) is 19.2. The van der Waals surface area contributed by atoms with Crippen LogP contribution in [0.2, 0.25) is 0 Å². The van der Waals surface area contributed by atoms with Crippen LogP contribution in [0.1, 0.15) is 11.1 Å². The van der Waals surface area contributed by atoms with Crippen LogP contribution in [-0.2, 0) is 17.8 Å². The van der Waals surface area contributed by atoms with Crippen molar-refractivity contribution in [1.82, 2.24) is 9.80 Å². The highest BCUT2D eigenvalue weighted by atomic mass is 16.5. The Labute approximate surface area is 162 Å². The molecule has 0 aliphatic carbocycles. The molecule has 1 aliphatic heterocycles. The number of ether oxygens (including phenoxy) is 1. The Bertz CT molecular complexity index is 771. The van der Waals surface area contributed by atoms with Crippen molar-refractivity contribution in [3.8, 4) is 5.75 Å². The van der Waals surface area contributed by atoms with E-state index in [0.717, 1.165) is 29.1 Å². The van der Waals surface area contributed by atoms with Crippen LogP contribution >= 0.6 is 0 Å². The Balaban J connectivity index is 1.79. The van der Waals surface area contributed by atoms with Gasteiger partial charge in [0.05, 0.1) is 12.5 Å². The molecule has 0 spiro atoms. The molecule has 0 aromatic heterocycles. The van der Waals surface area contributed by atoms with Gasteiger partial charge in [-0.15, -0.1) is 0 Å². The molecule has 27 heavy (non-hydrogen) atoms. The number of nitrogens with zero attached hydrogens (tertiary/aromatic N) is 3. The van der Waals surface area contributed by atoms with Crippen molar-refractivity contribution in [2.24, 2.45) is 0 Å². The van der Waals surface area contributed by atoms with Gasteiger partial charge in [-0.05, 0) is 37.9 Å². The summed E-state index contributed by atoms with van der Waals surface area (Å²) in [5, 5.41) is 0. The van der Waals surface area contributed by atoms with E-state index >= 15 is 0 Å². The Kier molecular flexibility index (Phi) is 6.01. The van der Waals surface area contributed by atoms with Gasteiger partial charge in [0.2, 0.25) is 5.91 Å². The molecule has 1 atom stereocenters. The Morgan fingerprint density at radius 2 is 1.78 bits per heavy atom. The summed E-state index contributed by atoms with van der Waals surface area (Å²) >= 11 is 0. The lowest BCUT2D eigenvalue weighted by atomic mass is 10.1. The van der Waals surface area contributed by atoms with Gasteiger partial charge in [-0.3, -0.25) is 4.79 Å². The summed E-state index contributed by atoms with van der Waals surface area (Å²) in [7, 11) is 8.09. The molecular weight excluding hydrogens is 338 g/mol. The second-order valence-corrected chi connectivity index (χ2v) is 7.59. The number of hydrogen-bond acceptors (Lipinski definition) is 4. The van der Waals surface area contributed by atoms with Crippen molar-refractivity contribution in [1.29, 1.82) is 0 Å². The van der Waals surface area contributed by atoms with Gasteiger partial charge in [0.15, 0.2) is 0 Å². The molecule has 0 saturated heterocycles. The zero-order chi connectivity index (χ0) is 19.4. The number of carbonyl (C=O) groups is 1. The summed E-state index contributed by atoms with van der Waals surface area (Å²) in [6.07, 6.45) is 0.403. The second kappa shape index (κ2) is 8.44. The van der Waals surface area contributed by atoms with Crippen LogP contribution in [0.3, 0.4) is 0 Å². The predicted octanol–water partition coefficient (Wildman–Crippen LogP) is 2.65. The van der Waals surface area contributed by atoms with Gasteiger partial charge in [-0.25, -0.2) is 0 Å². The molecule has 2 aromatic rings. The third-order valence-electron chi connectivity index (χ3n) is 4.89. The standard InChI is InChI=1S/C22H29N3O2/c1-23(2)15-20-16-27-21-8-6-5-7-18(21)14-25(20)22(26)13-17-9-11-19(12-10-17)24(3)4/h5-12,20H,13-16H2,1-4H3. The topological polar surface area (TPSA) is 36.0 Å². The van der Waals surface area contributed by atoms with Gasteiger partial charge in [-0.1, -0.05) is 30.3 Å². The maximum atomic E-state index is 13.2.